The van der Waals surface area contributed by atoms with Crippen LogP contribution in [0, 0.1) is 0 Å². The molecule has 4 heteroatoms. The molecule has 78 valence electrons. The van der Waals surface area contributed by atoms with Crippen molar-refractivity contribution in [2.45, 2.75) is 19.4 Å². The summed E-state index contributed by atoms with van der Waals surface area (Å²) in [5, 5.41) is 9.60. The molecule has 1 N–H and O–H groups in total. The minimum absolute atomic E-state index is 0.0332. The SMILES string of the molecule is COC1=C(O)C(OC)CC(C(C)=O)=C1. The van der Waals surface area contributed by atoms with Crippen LogP contribution >= 0.6 is 0 Å². The number of rotatable bonds is 3. The lowest BCUT2D eigenvalue weighted by atomic mass is 9.97. The van der Waals surface area contributed by atoms with Crippen molar-refractivity contribution < 1.29 is 19.4 Å². The Morgan fingerprint density at radius 3 is 2.64 bits per heavy atom. The van der Waals surface area contributed by atoms with Crippen molar-refractivity contribution in [1.29, 1.82) is 0 Å². The number of aliphatic hydroxyl groups is 1. The van der Waals surface area contributed by atoms with Gasteiger partial charge >= 0.3 is 0 Å². The fourth-order valence-corrected chi connectivity index (χ4v) is 1.35. The van der Waals surface area contributed by atoms with Gasteiger partial charge in [0.05, 0.1) is 7.11 Å². The van der Waals surface area contributed by atoms with Gasteiger partial charge < -0.3 is 14.6 Å². The Balaban J connectivity index is 3.02. The fraction of sp³-hybridized carbons (Fsp3) is 0.500. The van der Waals surface area contributed by atoms with E-state index in [1.807, 2.05) is 0 Å². The third kappa shape index (κ3) is 1.96. The zero-order valence-electron chi connectivity index (χ0n) is 8.53. The monoisotopic (exact) mass is 198 g/mol. The first-order valence-corrected chi connectivity index (χ1v) is 4.31. The maximum atomic E-state index is 11.1. The number of hydrogen-bond acceptors (Lipinski definition) is 4. The second-order valence-corrected chi connectivity index (χ2v) is 3.11. The summed E-state index contributed by atoms with van der Waals surface area (Å²) in [6.07, 6.45) is 1.46. The maximum absolute atomic E-state index is 11.1. The first-order chi connectivity index (χ1) is 6.60. The molecule has 0 spiro atoms. The van der Waals surface area contributed by atoms with Crippen LogP contribution in [0.4, 0.5) is 0 Å². The minimum atomic E-state index is -0.478. The highest BCUT2D eigenvalue weighted by Gasteiger charge is 2.25. The number of ether oxygens (including phenoxy) is 2. The van der Waals surface area contributed by atoms with Crippen molar-refractivity contribution >= 4 is 5.78 Å². The predicted molar refractivity (Wildman–Crippen MR) is 50.8 cm³/mol. The summed E-state index contributed by atoms with van der Waals surface area (Å²) in [5.41, 5.74) is 0.603. The number of hydrogen-bond donors (Lipinski definition) is 1. The summed E-state index contributed by atoms with van der Waals surface area (Å²) < 4.78 is 9.97. The number of carbonyl (C=O) groups is 1. The van der Waals surface area contributed by atoms with Crippen molar-refractivity contribution in [2.24, 2.45) is 0 Å². The zero-order valence-corrected chi connectivity index (χ0v) is 8.53. The van der Waals surface area contributed by atoms with E-state index in [9.17, 15) is 9.90 Å². The van der Waals surface area contributed by atoms with Crippen LogP contribution in [-0.4, -0.2) is 31.2 Å². The number of ketones is 1. The standard InChI is InChI=1S/C10H14O4/c1-6(11)7-4-8(13-2)10(12)9(5-7)14-3/h4,9,12H,5H2,1-3H3. The van der Waals surface area contributed by atoms with Gasteiger partial charge in [-0.25, -0.2) is 0 Å². The molecule has 0 aromatic heterocycles. The summed E-state index contributed by atoms with van der Waals surface area (Å²) in [6, 6.07) is 0. The average Bonchev–Trinajstić information content (AvgIpc) is 2.17. The Kier molecular flexibility index (Phi) is 3.30. The van der Waals surface area contributed by atoms with E-state index in [0.717, 1.165) is 0 Å². The van der Waals surface area contributed by atoms with E-state index in [-0.39, 0.29) is 11.5 Å². The third-order valence-electron chi connectivity index (χ3n) is 2.22. The van der Waals surface area contributed by atoms with Crippen LogP contribution in [0.1, 0.15) is 13.3 Å². The normalized spacial score (nSPS) is 21.9. The van der Waals surface area contributed by atoms with Gasteiger partial charge in [0.2, 0.25) is 0 Å². The van der Waals surface area contributed by atoms with Crippen LogP contribution in [0.25, 0.3) is 0 Å². The molecule has 0 saturated carbocycles. The smallest absolute Gasteiger partial charge is 0.164 e. The molecule has 1 atom stereocenters. The van der Waals surface area contributed by atoms with E-state index in [1.165, 1.54) is 21.1 Å². The molecule has 0 fully saturated rings. The van der Waals surface area contributed by atoms with E-state index in [0.29, 0.717) is 17.8 Å². The van der Waals surface area contributed by atoms with Gasteiger partial charge in [0.15, 0.2) is 17.3 Å². The van der Waals surface area contributed by atoms with E-state index < -0.39 is 6.10 Å². The van der Waals surface area contributed by atoms with Crippen LogP contribution in [0.2, 0.25) is 0 Å². The van der Waals surface area contributed by atoms with Crippen LogP contribution in [0.3, 0.4) is 0 Å². The quantitative estimate of drug-likeness (QED) is 0.743. The van der Waals surface area contributed by atoms with Crippen LogP contribution in [-0.2, 0) is 14.3 Å². The summed E-state index contributed by atoms with van der Waals surface area (Å²) in [6.45, 7) is 1.48. The largest absolute Gasteiger partial charge is 0.506 e. The van der Waals surface area contributed by atoms with E-state index in [2.05, 4.69) is 0 Å². The molecule has 0 amide bonds. The third-order valence-corrected chi connectivity index (χ3v) is 2.22. The molecule has 1 aliphatic carbocycles. The van der Waals surface area contributed by atoms with Crippen molar-refractivity contribution in [3.63, 3.8) is 0 Å². The highest BCUT2D eigenvalue weighted by Crippen LogP contribution is 2.25. The number of aliphatic hydroxyl groups excluding tert-OH is 1. The summed E-state index contributed by atoms with van der Waals surface area (Å²) in [7, 11) is 2.93. The van der Waals surface area contributed by atoms with E-state index >= 15 is 0 Å². The van der Waals surface area contributed by atoms with Crippen molar-refractivity contribution in [2.75, 3.05) is 14.2 Å². The van der Waals surface area contributed by atoms with E-state index in [1.54, 1.807) is 6.08 Å². The first kappa shape index (κ1) is 10.8. The van der Waals surface area contributed by atoms with Gasteiger partial charge in [0.1, 0.15) is 6.10 Å². The molecule has 0 bridgehead atoms. The highest BCUT2D eigenvalue weighted by molar-refractivity contribution is 5.94. The number of carbonyl (C=O) groups excluding carboxylic acids is 1. The van der Waals surface area contributed by atoms with Crippen molar-refractivity contribution in [3.8, 4) is 0 Å². The molecule has 1 rings (SSSR count). The molecule has 0 saturated heterocycles. The lowest BCUT2D eigenvalue weighted by Gasteiger charge is -2.21. The molecular formula is C10H14O4. The Labute approximate surface area is 82.8 Å². The van der Waals surface area contributed by atoms with E-state index in [4.69, 9.17) is 9.47 Å². The molecule has 4 nitrogen and oxygen atoms in total. The lowest BCUT2D eigenvalue weighted by molar-refractivity contribution is -0.114. The molecule has 0 aromatic carbocycles. The molecule has 14 heavy (non-hydrogen) atoms. The number of allylic oxidation sites excluding steroid dienone is 1. The summed E-state index contributed by atoms with van der Waals surface area (Å²) in [5.74, 6) is 0.308. The van der Waals surface area contributed by atoms with Gasteiger partial charge in [-0.05, 0) is 13.0 Å². The van der Waals surface area contributed by atoms with Gasteiger partial charge in [-0.1, -0.05) is 0 Å². The Morgan fingerprint density at radius 2 is 2.21 bits per heavy atom. The zero-order chi connectivity index (χ0) is 10.7. The summed E-state index contributed by atoms with van der Waals surface area (Å²) >= 11 is 0. The molecule has 0 radical (unpaired) electrons. The Hall–Kier alpha value is -1.29. The van der Waals surface area contributed by atoms with Gasteiger partial charge in [-0.2, -0.15) is 0 Å². The maximum Gasteiger partial charge on any atom is 0.164 e. The average molecular weight is 198 g/mol. The lowest BCUT2D eigenvalue weighted by Crippen LogP contribution is -2.22. The fourth-order valence-electron chi connectivity index (χ4n) is 1.35. The number of methoxy groups -OCH3 is 2. The Bertz CT molecular complexity index is 301. The van der Waals surface area contributed by atoms with Crippen LogP contribution < -0.4 is 0 Å². The first-order valence-electron chi connectivity index (χ1n) is 4.31. The summed E-state index contributed by atoms with van der Waals surface area (Å²) in [4.78, 5) is 11.1. The van der Waals surface area contributed by atoms with Crippen LogP contribution in [0.5, 0.6) is 0 Å². The second-order valence-electron chi connectivity index (χ2n) is 3.11. The highest BCUT2D eigenvalue weighted by atomic mass is 16.5. The predicted octanol–water partition coefficient (Wildman–Crippen LogP) is 1.34. The molecule has 1 unspecified atom stereocenters. The topological polar surface area (TPSA) is 55.8 Å². The van der Waals surface area contributed by atoms with Crippen molar-refractivity contribution in [3.05, 3.63) is 23.2 Å². The Morgan fingerprint density at radius 1 is 1.57 bits per heavy atom. The van der Waals surface area contributed by atoms with Crippen molar-refractivity contribution in [1.82, 2.24) is 0 Å². The van der Waals surface area contributed by atoms with Gasteiger partial charge in [0, 0.05) is 19.1 Å². The minimum Gasteiger partial charge on any atom is -0.506 e. The second kappa shape index (κ2) is 4.28. The van der Waals surface area contributed by atoms with Gasteiger partial charge in [0.25, 0.3) is 0 Å². The molecule has 1 aliphatic rings. The molecule has 0 aliphatic heterocycles. The van der Waals surface area contributed by atoms with Gasteiger partial charge in [-0.15, -0.1) is 0 Å². The molecular weight excluding hydrogens is 184 g/mol. The molecule has 0 heterocycles. The molecule has 0 aromatic rings. The van der Waals surface area contributed by atoms with Gasteiger partial charge in [-0.3, -0.25) is 4.79 Å². The van der Waals surface area contributed by atoms with Crippen LogP contribution in [0.15, 0.2) is 23.2 Å². The number of Topliss-reactive ketones (excluding diaryl/α,β-unsaturated/α-hetero) is 1.